The molecule has 6 N–H and O–H groups in total. The van der Waals surface area contributed by atoms with Crippen molar-refractivity contribution in [2.24, 2.45) is 5.73 Å². The number of carbonyl (C=O) groups excluding carboxylic acids is 3. The Bertz CT molecular complexity index is 1530. The van der Waals surface area contributed by atoms with E-state index < -0.39 is 29.7 Å². The molecule has 0 fully saturated rings. The molecule has 42 heavy (non-hydrogen) atoms. The molecule has 11 nitrogen and oxygen atoms in total. The fourth-order valence-electron chi connectivity index (χ4n) is 4.24. The van der Waals surface area contributed by atoms with Gasteiger partial charge in [-0.25, -0.2) is 19.0 Å². The largest absolute Gasteiger partial charge is 0.444 e. The van der Waals surface area contributed by atoms with Crippen molar-refractivity contribution >= 4 is 34.9 Å². The van der Waals surface area contributed by atoms with Crippen LogP contribution in [0.1, 0.15) is 41.0 Å². The number of amides is 4. The first-order valence-electron chi connectivity index (χ1n) is 13.0. The molecule has 0 aliphatic heterocycles. The van der Waals surface area contributed by atoms with E-state index in [1.54, 1.807) is 51.4 Å². The summed E-state index contributed by atoms with van der Waals surface area (Å²) < 4.78 is 18.9. The Morgan fingerprint density at radius 1 is 1.02 bits per heavy atom. The second kappa shape index (κ2) is 13.6. The summed E-state index contributed by atoms with van der Waals surface area (Å²) in [6, 6.07) is 11.7. The topological polar surface area (TPSA) is 164 Å². The summed E-state index contributed by atoms with van der Waals surface area (Å²) in [5.74, 6) is -0.609. The summed E-state index contributed by atoms with van der Waals surface area (Å²) in [5.41, 5.74) is 8.07. The maximum Gasteiger partial charge on any atom is 0.408 e. The van der Waals surface area contributed by atoms with Gasteiger partial charge in [0.05, 0.1) is 5.69 Å². The lowest BCUT2D eigenvalue weighted by atomic mass is 10.00. The van der Waals surface area contributed by atoms with E-state index in [0.717, 1.165) is 27.8 Å². The van der Waals surface area contributed by atoms with Gasteiger partial charge in [-0.3, -0.25) is 9.78 Å². The quantitative estimate of drug-likeness (QED) is 0.168. The number of nitrogens with two attached hydrogens (primary N) is 1. The molecule has 0 aliphatic rings. The molecule has 1 aromatic carbocycles. The van der Waals surface area contributed by atoms with Gasteiger partial charge in [0.15, 0.2) is 0 Å². The van der Waals surface area contributed by atoms with Crippen molar-refractivity contribution in [1.82, 2.24) is 25.6 Å². The van der Waals surface area contributed by atoms with Gasteiger partial charge in [0, 0.05) is 29.9 Å². The number of benzene rings is 1. The third kappa shape index (κ3) is 8.26. The van der Waals surface area contributed by atoms with Gasteiger partial charge in [-0.15, -0.1) is 0 Å². The molecule has 4 rings (SSSR count). The van der Waals surface area contributed by atoms with Crippen LogP contribution in [0.2, 0.25) is 0 Å². The van der Waals surface area contributed by atoms with Crippen molar-refractivity contribution in [1.29, 1.82) is 0 Å². The van der Waals surface area contributed by atoms with Crippen LogP contribution in [0.15, 0.2) is 60.9 Å². The van der Waals surface area contributed by atoms with Gasteiger partial charge in [0.1, 0.15) is 28.9 Å². The Morgan fingerprint density at radius 3 is 2.36 bits per heavy atom. The molecule has 0 saturated heterocycles. The Balaban J connectivity index is 0.00000484. The molecule has 3 aromatic heterocycles. The smallest absolute Gasteiger partial charge is 0.408 e. The van der Waals surface area contributed by atoms with Gasteiger partial charge in [-0.1, -0.05) is 7.43 Å². The number of ether oxygens (including phenoxy) is 1. The van der Waals surface area contributed by atoms with Crippen LogP contribution in [0.4, 0.5) is 19.8 Å². The minimum atomic E-state index is -0.970. The average Bonchev–Trinajstić information content (AvgIpc) is 3.29. The van der Waals surface area contributed by atoms with Gasteiger partial charge in [0.2, 0.25) is 5.91 Å². The predicted octanol–water partition coefficient (Wildman–Crippen LogP) is 5.35. The van der Waals surface area contributed by atoms with E-state index in [1.165, 1.54) is 12.1 Å². The zero-order valence-corrected chi connectivity index (χ0v) is 23.0. The maximum atomic E-state index is 13.6. The van der Waals surface area contributed by atoms with Gasteiger partial charge in [0.25, 0.3) is 0 Å². The number of hydrogen-bond donors (Lipinski definition) is 5. The predicted molar refractivity (Wildman–Crippen MR) is 160 cm³/mol. The molecule has 1 atom stereocenters. The van der Waals surface area contributed by atoms with E-state index >= 15 is 0 Å². The van der Waals surface area contributed by atoms with Crippen LogP contribution < -0.4 is 21.7 Å². The van der Waals surface area contributed by atoms with Crippen LogP contribution in [0, 0.1) is 5.82 Å². The van der Waals surface area contributed by atoms with Crippen LogP contribution in [0.5, 0.6) is 0 Å². The molecular formula is C30H36FN7O4. The number of primary amides is 1. The molecular weight excluding hydrogens is 541 g/mol. The number of urea groups is 1. The first kappa shape index (κ1) is 31.5. The molecule has 0 saturated carbocycles. The Labute approximate surface area is 243 Å². The number of aromatic nitrogens is 3. The summed E-state index contributed by atoms with van der Waals surface area (Å²) in [6.45, 7) is 5.38. The molecule has 222 valence electrons. The van der Waals surface area contributed by atoms with Crippen LogP contribution in [-0.2, 0) is 9.53 Å². The third-order valence-electron chi connectivity index (χ3n) is 5.99. The minimum Gasteiger partial charge on any atom is -0.444 e. The van der Waals surface area contributed by atoms with Gasteiger partial charge in [-0.2, -0.15) is 0 Å². The maximum absolute atomic E-state index is 13.6. The summed E-state index contributed by atoms with van der Waals surface area (Å²) in [5, 5.41) is 8.59. The van der Waals surface area contributed by atoms with Gasteiger partial charge < -0.3 is 31.4 Å². The van der Waals surface area contributed by atoms with E-state index in [0.29, 0.717) is 12.1 Å². The number of aromatic amines is 1. The Morgan fingerprint density at radius 2 is 1.71 bits per heavy atom. The van der Waals surface area contributed by atoms with E-state index in [9.17, 15) is 18.8 Å². The lowest BCUT2D eigenvalue weighted by Crippen LogP contribution is -2.46. The minimum absolute atomic E-state index is 0. The molecule has 3 heterocycles. The second-order valence-corrected chi connectivity index (χ2v) is 10.3. The lowest BCUT2D eigenvalue weighted by molar-refractivity contribution is -0.118. The summed E-state index contributed by atoms with van der Waals surface area (Å²) in [6.07, 6.45) is 3.19. The highest BCUT2D eigenvalue weighted by Crippen LogP contribution is 2.38. The molecule has 0 aliphatic carbocycles. The fourth-order valence-corrected chi connectivity index (χ4v) is 4.24. The summed E-state index contributed by atoms with van der Waals surface area (Å²) in [7, 11) is 0. The van der Waals surface area contributed by atoms with Crippen LogP contribution in [0.3, 0.4) is 0 Å². The molecule has 0 radical (unpaired) electrons. The van der Waals surface area contributed by atoms with Gasteiger partial charge in [-0.05, 0) is 93.3 Å². The van der Waals surface area contributed by atoms with Crippen molar-refractivity contribution in [3.05, 3.63) is 66.7 Å². The van der Waals surface area contributed by atoms with E-state index in [1.807, 2.05) is 18.2 Å². The zero-order chi connectivity index (χ0) is 29.6. The number of H-pyrrole nitrogens is 1. The van der Waals surface area contributed by atoms with E-state index in [2.05, 4.69) is 30.9 Å². The number of alkyl carbamates (subject to hydrolysis) is 1. The highest BCUT2D eigenvalue weighted by Gasteiger charge is 2.25. The van der Waals surface area contributed by atoms with E-state index in [-0.39, 0.29) is 32.0 Å². The second-order valence-electron chi connectivity index (χ2n) is 10.3. The van der Waals surface area contributed by atoms with Crippen molar-refractivity contribution in [2.45, 2.75) is 52.7 Å². The zero-order valence-electron chi connectivity index (χ0n) is 23.0. The normalized spacial score (nSPS) is 11.7. The first-order chi connectivity index (χ1) is 19.5. The fraction of sp³-hybridized carbons (Fsp3) is 0.300. The standard InChI is InChI=1S/C29H32FN7O4.CH4/c1-29(2,3)41-28(40)34-21(5-4-14-33-27(31)39)26(38)36-22-11-10-20-23(17-12-15-32-16-13-17)24(37-25(20)35-22)18-6-8-19(30)9-7-18;/h6-13,15-16,21H,4-5,14H2,1-3H3,(H,34,40)(H3,31,33,39)(H2,35,36,37,38);1H4/t21-;/m0./s1. The highest BCUT2D eigenvalue weighted by atomic mass is 19.1. The Kier molecular flexibility index (Phi) is 10.2. The van der Waals surface area contributed by atoms with Gasteiger partial charge >= 0.3 is 12.1 Å². The number of carbonyl (C=O) groups is 3. The van der Waals surface area contributed by atoms with Crippen molar-refractivity contribution < 1.29 is 23.5 Å². The first-order valence-corrected chi connectivity index (χ1v) is 13.0. The lowest BCUT2D eigenvalue weighted by Gasteiger charge is -2.23. The third-order valence-corrected chi connectivity index (χ3v) is 5.99. The molecule has 0 unspecified atom stereocenters. The van der Waals surface area contributed by atoms with Crippen LogP contribution in [-0.4, -0.2) is 51.2 Å². The number of hydrogen-bond acceptors (Lipinski definition) is 6. The Hall–Kier alpha value is -5.00. The number of fused-ring (bicyclic) bond motifs is 1. The summed E-state index contributed by atoms with van der Waals surface area (Å²) >= 11 is 0. The average molecular weight is 578 g/mol. The number of anilines is 1. The molecule has 4 aromatic rings. The van der Waals surface area contributed by atoms with Crippen molar-refractivity contribution in [3.63, 3.8) is 0 Å². The van der Waals surface area contributed by atoms with Crippen LogP contribution in [0.25, 0.3) is 33.4 Å². The molecule has 12 heteroatoms. The molecule has 0 spiro atoms. The SMILES string of the molecule is C.CC(C)(C)OC(=O)N[C@@H](CCCNC(N)=O)C(=O)Nc1ccc2c(-c3ccncc3)c(-c3ccc(F)cc3)[nH]c2n1. The van der Waals surface area contributed by atoms with Crippen LogP contribution >= 0.6 is 0 Å². The molecule has 0 bridgehead atoms. The number of rotatable bonds is 9. The summed E-state index contributed by atoms with van der Waals surface area (Å²) in [4.78, 5) is 48.7. The molecule has 4 amide bonds. The van der Waals surface area contributed by atoms with Crippen molar-refractivity contribution in [3.8, 4) is 22.4 Å². The highest BCUT2D eigenvalue weighted by molar-refractivity contribution is 6.03. The van der Waals surface area contributed by atoms with E-state index in [4.69, 9.17) is 10.5 Å². The number of nitrogens with one attached hydrogen (secondary N) is 4. The van der Waals surface area contributed by atoms with Crippen molar-refractivity contribution in [2.75, 3.05) is 11.9 Å². The monoisotopic (exact) mass is 577 g/mol. The number of halogens is 1. The number of pyridine rings is 2. The number of nitrogens with zero attached hydrogens (tertiary/aromatic N) is 2.